The molecule has 0 spiro atoms. The molecule has 0 fully saturated rings. The first-order valence-corrected chi connectivity index (χ1v) is 18.0. The van der Waals surface area contributed by atoms with Crippen molar-refractivity contribution in [2.75, 3.05) is 0 Å². The summed E-state index contributed by atoms with van der Waals surface area (Å²) < 4.78 is 2.10. The van der Waals surface area contributed by atoms with E-state index in [0.717, 1.165) is 0 Å². The summed E-state index contributed by atoms with van der Waals surface area (Å²) >= 11 is 30.8. The third kappa shape index (κ3) is 4.34. The SMILES string of the molecule is CC(C)N([Si](C)(C)C)[Si](Cl)(Cl)[Si](Cl)(Cl)Cl. The van der Waals surface area contributed by atoms with Gasteiger partial charge in [-0.3, -0.25) is 0 Å². The van der Waals surface area contributed by atoms with E-state index in [2.05, 4.69) is 23.9 Å². The Hall–Kier alpha value is 2.06. The van der Waals surface area contributed by atoms with Crippen LogP contribution in [0.4, 0.5) is 0 Å². The molecule has 0 rings (SSSR count). The summed E-state index contributed by atoms with van der Waals surface area (Å²) in [6, 6.07) is 0.210. The fourth-order valence-electron chi connectivity index (χ4n) is 1.66. The van der Waals surface area contributed by atoms with Gasteiger partial charge in [-0.1, -0.05) is 33.5 Å². The van der Waals surface area contributed by atoms with Gasteiger partial charge in [0.05, 0.1) is 0 Å². The van der Waals surface area contributed by atoms with Crippen LogP contribution in [0.5, 0.6) is 0 Å². The predicted molar refractivity (Wildman–Crippen MR) is 81.1 cm³/mol. The second-order valence-electron chi connectivity index (χ2n) is 4.67. The maximum Gasteiger partial charge on any atom is 0.376 e. The number of rotatable bonds is 4. The van der Waals surface area contributed by atoms with E-state index >= 15 is 0 Å². The zero-order chi connectivity index (χ0) is 12.7. The molecule has 0 heterocycles. The lowest BCUT2D eigenvalue weighted by molar-refractivity contribution is 0.527. The molecule has 9 heteroatoms. The summed E-state index contributed by atoms with van der Waals surface area (Å²) in [6.45, 7) is 10.5. The van der Waals surface area contributed by atoms with Crippen molar-refractivity contribution in [2.24, 2.45) is 0 Å². The number of hydrogen-bond donors (Lipinski definition) is 0. The Labute approximate surface area is 118 Å². The van der Waals surface area contributed by atoms with Gasteiger partial charge in [0.2, 0.25) is 0 Å². The van der Waals surface area contributed by atoms with Crippen molar-refractivity contribution >= 4 is 75.5 Å². The van der Waals surface area contributed by atoms with Crippen LogP contribution in [0.2, 0.25) is 19.6 Å². The number of nitrogens with zero attached hydrogens (tertiary/aromatic N) is 1. The van der Waals surface area contributed by atoms with Gasteiger partial charge in [-0.15, -0.1) is 55.4 Å². The molecule has 0 saturated heterocycles. The summed E-state index contributed by atoms with van der Waals surface area (Å²) in [6.07, 6.45) is -2.96. The van der Waals surface area contributed by atoms with Crippen molar-refractivity contribution in [3.05, 3.63) is 0 Å². The first-order valence-electron chi connectivity index (χ1n) is 4.56. The lowest BCUT2D eigenvalue weighted by Crippen LogP contribution is -2.68. The number of halogens is 5. The first-order chi connectivity index (χ1) is 6.32. The second kappa shape index (κ2) is 5.36. The Bertz CT molecular complexity index is 222. The van der Waals surface area contributed by atoms with Gasteiger partial charge in [0.25, 0.3) is 0 Å². The molecule has 0 aliphatic heterocycles. The van der Waals surface area contributed by atoms with Crippen LogP contribution >= 0.6 is 55.4 Å². The van der Waals surface area contributed by atoms with Crippen LogP contribution in [-0.2, 0) is 0 Å². The largest absolute Gasteiger partial charge is 0.376 e. The molecule has 0 aromatic heterocycles. The fourth-order valence-corrected chi connectivity index (χ4v) is 23.7. The van der Waals surface area contributed by atoms with Crippen LogP contribution in [0.15, 0.2) is 0 Å². The normalized spacial score (nSPS) is 15.2. The van der Waals surface area contributed by atoms with Crippen molar-refractivity contribution in [3.8, 4) is 0 Å². The molecule has 15 heavy (non-hydrogen) atoms. The topological polar surface area (TPSA) is 3.24 Å². The predicted octanol–water partition coefficient (Wildman–Crippen LogP) is 4.68. The van der Waals surface area contributed by atoms with Gasteiger partial charge in [0, 0.05) is 0 Å². The molecule has 0 aliphatic carbocycles. The Balaban J connectivity index is 5.28. The van der Waals surface area contributed by atoms with Gasteiger partial charge in [-0.05, 0) is 6.04 Å². The maximum absolute atomic E-state index is 6.39. The van der Waals surface area contributed by atoms with Gasteiger partial charge in [0.1, 0.15) is 8.24 Å². The summed E-state index contributed by atoms with van der Waals surface area (Å²) in [4.78, 5) is 0. The van der Waals surface area contributed by atoms with Crippen LogP contribution < -0.4 is 0 Å². The van der Waals surface area contributed by atoms with Crippen LogP contribution in [0.3, 0.4) is 0 Å². The molecule has 0 aliphatic rings. The maximum atomic E-state index is 6.39. The van der Waals surface area contributed by atoms with Gasteiger partial charge < -0.3 is 4.23 Å². The van der Waals surface area contributed by atoms with E-state index in [1.54, 1.807) is 0 Å². The molecule has 0 atom stereocenters. The van der Waals surface area contributed by atoms with Gasteiger partial charge in [-0.25, -0.2) is 0 Å². The summed E-state index contributed by atoms with van der Waals surface area (Å²) in [5.74, 6) is 0. The minimum atomic E-state index is -3.07. The van der Waals surface area contributed by atoms with Crippen molar-refractivity contribution in [2.45, 2.75) is 39.5 Å². The lowest BCUT2D eigenvalue weighted by atomic mass is 10.4. The van der Waals surface area contributed by atoms with Crippen molar-refractivity contribution in [1.29, 1.82) is 0 Å². The van der Waals surface area contributed by atoms with Crippen LogP contribution in [0.25, 0.3) is 0 Å². The van der Waals surface area contributed by atoms with E-state index in [0.29, 0.717) is 0 Å². The van der Waals surface area contributed by atoms with Gasteiger partial charge in [0.15, 0.2) is 0 Å². The Kier molecular flexibility index (Phi) is 6.10. The fraction of sp³-hybridized carbons (Fsp3) is 1.00. The monoisotopic (exact) mass is 361 g/mol. The van der Waals surface area contributed by atoms with E-state index in [1.807, 2.05) is 13.8 Å². The Morgan fingerprint density at radius 3 is 1.27 bits per heavy atom. The molecule has 92 valence electrons. The van der Waals surface area contributed by atoms with Crippen molar-refractivity contribution in [3.63, 3.8) is 0 Å². The average molecular weight is 364 g/mol. The minimum absolute atomic E-state index is 0.210. The summed E-state index contributed by atoms with van der Waals surface area (Å²) in [5, 5.41) is 0. The molecule has 0 unspecified atom stereocenters. The van der Waals surface area contributed by atoms with Crippen molar-refractivity contribution in [1.82, 2.24) is 4.23 Å². The molecular formula is C6H16Cl5NSi3. The number of hydrogen-bond acceptors (Lipinski definition) is 1. The van der Waals surface area contributed by atoms with E-state index in [-0.39, 0.29) is 6.04 Å². The summed E-state index contributed by atoms with van der Waals surface area (Å²) in [7, 11) is -1.68. The highest BCUT2D eigenvalue weighted by Gasteiger charge is 2.60. The average Bonchev–Trinajstić information content (AvgIpc) is 1.76. The van der Waals surface area contributed by atoms with Gasteiger partial charge >= 0.3 is 11.9 Å². The molecule has 0 aromatic carbocycles. The molecular weight excluding hydrogens is 348 g/mol. The van der Waals surface area contributed by atoms with Crippen LogP contribution in [-0.4, -0.2) is 30.4 Å². The molecule has 0 bridgehead atoms. The van der Waals surface area contributed by atoms with E-state index in [1.165, 1.54) is 0 Å². The first kappa shape index (κ1) is 17.1. The quantitative estimate of drug-likeness (QED) is 0.518. The van der Waals surface area contributed by atoms with Crippen LogP contribution in [0, 0.1) is 0 Å². The Morgan fingerprint density at radius 1 is 0.867 bits per heavy atom. The van der Waals surface area contributed by atoms with E-state index in [9.17, 15) is 0 Å². The van der Waals surface area contributed by atoms with Crippen molar-refractivity contribution < 1.29 is 0 Å². The smallest absolute Gasteiger partial charge is 0.319 e. The van der Waals surface area contributed by atoms with E-state index in [4.69, 9.17) is 55.4 Å². The second-order valence-corrected chi connectivity index (χ2v) is 32.4. The highest BCUT2D eigenvalue weighted by molar-refractivity contribution is 8.02. The minimum Gasteiger partial charge on any atom is -0.319 e. The molecule has 1 nitrogen and oxygen atoms in total. The standard InChI is InChI=1S/C6H16Cl5NSi3/c1-6(2)12(13(3,4)5)15(10,11)14(7,8)9/h6H,1-5H3. The third-order valence-electron chi connectivity index (χ3n) is 1.88. The molecule has 0 aromatic rings. The molecule has 0 radical (unpaired) electrons. The van der Waals surface area contributed by atoms with Crippen LogP contribution in [0.1, 0.15) is 13.8 Å². The summed E-state index contributed by atoms with van der Waals surface area (Å²) in [5.41, 5.74) is -3.07. The molecule has 0 saturated carbocycles. The Morgan fingerprint density at radius 2 is 1.20 bits per heavy atom. The third-order valence-corrected chi connectivity index (χ3v) is 31.8. The highest BCUT2D eigenvalue weighted by Crippen LogP contribution is 2.42. The lowest BCUT2D eigenvalue weighted by Gasteiger charge is -2.46. The van der Waals surface area contributed by atoms with E-state index < -0.39 is 20.1 Å². The van der Waals surface area contributed by atoms with Gasteiger partial charge in [-0.2, -0.15) is 0 Å². The zero-order valence-corrected chi connectivity index (χ0v) is 16.2. The molecule has 0 N–H and O–H groups in total. The highest BCUT2D eigenvalue weighted by atomic mass is 35.9. The zero-order valence-electron chi connectivity index (χ0n) is 9.41. The molecule has 0 amide bonds.